The highest BCUT2D eigenvalue weighted by molar-refractivity contribution is 6.18. The molecule has 4 heteroatoms. The van der Waals surface area contributed by atoms with Crippen LogP contribution in [0.1, 0.15) is 15.9 Å². The van der Waals surface area contributed by atoms with Gasteiger partial charge in [-0.25, -0.2) is 5.84 Å². The van der Waals surface area contributed by atoms with Crippen molar-refractivity contribution in [1.29, 1.82) is 0 Å². The fourth-order valence-corrected chi connectivity index (χ4v) is 1.28. The lowest BCUT2D eigenvalue weighted by molar-refractivity contribution is 0.0953. The topological polar surface area (TPSA) is 55.1 Å². The van der Waals surface area contributed by atoms with E-state index in [4.69, 9.17) is 17.4 Å². The van der Waals surface area contributed by atoms with Crippen LogP contribution in [-0.4, -0.2) is 11.8 Å². The third kappa shape index (κ3) is 2.72. The normalized spacial score (nSPS) is 9.69. The van der Waals surface area contributed by atoms with Crippen molar-refractivity contribution in [1.82, 2.24) is 5.43 Å². The van der Waals surface area contributed by atoms with E-state index in [1.807, 2.05) is 12.1 Å². The highest BCUT2D eigenvalue weighted by atomic mass is 35.5. The van der Waals surface area contributed by atoms with Crippen molar-refractivity contribution in [2.24, 2.45) is 5.84 Å². The molecule has 3 nitrogen and oxygen atoms in total. The van der Waals surface area contributed by atoms with Crippen molar-refractivity contribution in [2.75, 3.05) is 5.88 Å². The molecule has 70 valence electrons. The molecule has 0 radical (unpaired) electrons. The number of rotatable bonds is 3. The van der Waals surface area contributed by atoms with Crippen molar-refractivity contribution in [3.8, 4) is 0 Å². The number of alkyl halides is 1. The average molecular weight is 199 g/mol. The number of nitrogen functional groups attached to an aromatic ring is 1. The van der Waals surface area contributed by atoms with E-state index in [1.165, 1.54) is 0 Å². The molecule has 0 saturated carbocycles. The quantitative estimate of drug-likeness (QED) is 0.331. The summed E-state index contributed by atoms with van der Waals surface area (Å²) < 4.78 is 0. The molecule has 0 aromatic heterocycles. The first-order chi connectivity index (χ1) is 6.27. The standard InChI is InChI=1S/C9H11ClN2O/c10-5-4-7-2-1-3-8(6-7)9(13)12-11/h1-3,6H,4-5,11H2,(H,12,13). The van der Waals surface area contributed by atoms with E-state index in [9.17, 15) is 4.79 Å². The van der Waals surface area contributed by atoms with Crippen LogP contribution in [0.2, 0.25) is 0 Å². The van der Waals surface area contributed by atoms with Gasteiger partial charge in [-0.15, -0.1) is 11.6 Å². The second-order valence-electron chi connectivity index (χ2n) is 2.61. The molecular formula is C9H11ClN2O. The molecule has 0 aliphatic rings. The number of hydrazine groups is 1. The summed E-state index contributed by atoms with van der Waals surface area (Å²) in [4.78, 5) is 11.1. The zero-order valence-corrected chi connectivity index (χ0v) is 7.84. The molecule has 3 N–H and O–H groups in total. The fourth-order valence-electron chi connectivity index (χ4n) is 1.06. The van der Waals surface area contributed by atoms with Gasteiger partial charge in [0, 0.05) is 11.4 Å². The maximum atomic E-state index is 11.1. The van der Waals surface area contributed by atoms with Crippen LogP contribution in [0.15, 0.2) is 24.3 Å². The second kappa shape index (κ2) is 4.84. The Morgan fingerprint density at radius 2 is 2.31 bits per heavy atom. The van der Waals surface area contributed by atoms with Crippen molar-refractivity contribution in [3.05, 3.63) is 35.4 Å². The van der Waals surface area contributed by atoms with E-state index in [2.05, 4.69) is 5.43 Å². The third-order valence-electron chi connectivity index (χ3n) is 1.70. The summed E-state index contributed by atoms with van der Waals surface area (Å²) in [5, 5.41) is 0. The molecule has 0 bridgehead atoms. The van der Waals surface area contributed by atoms with Gasteiger partial charge in [0.2, 0.25) is 0 Å². The van der Waals surface area contributed by atoms with Gasteiger partial charge in [0.25, 0.3) is 5.91 Å². The van der Waals surface area contributed by atoms with Gasteiger partial charge >= 0.3 is 0 Å². The van der Waals surface area contributed by atoms with Crippen molar-refractivity contribution >= 4 is 17.5 Å². The van der Waals surface area contributed by atoms with Gasteiger partial charge in [-0.2, -0.15) is 0 Å². The van der Waals surface area contributed by atoms with Gasteiger partial charge < -0.3 is 0 Å². The molecular weight excluding hydrogens is 188 g/mol. The SMILES string of the molecule is NNC(=O)c1cccc(CCCl)c1. The first-order valence-electron chi connectivity index (χ1n) is 3.93. The predicted molar refractivity (Wildman–Crippen MR) is 52.5 cm³/mol. The van der Waals surface area contributed by atoms with Gasteiger partial charge in [-0.1, -0.05) is 12.1 Å². The van der Waals surface area contributed by atoms with Crippen LogP contribution in [0.3, 0.4) is 0 Å². The number of nitrogens with one attached hydrogen (secondary N) is 1. The average Bonchev–Trinajstić information content (AvgIpc) is 2.18. The number of benzene rings is 1. The van der Waals surface area contributed by atoms with Crippen molar-refractivity contribution in [2.45, 2.75) is 6.42 Å². The number of aryl methyl sites for hydroxylation is 1. The molecule has 0 heterocycles. The fraction of sp³-hybridized carbons (Fsp3) is 0.222. The summed E-state index contributed by atoms with van der Waals surface area (Å²) >= 11 is 5.58. The molecule has 1 aromatic rings. The maximum Gasteiger partial charge on any atom is 0.265 e. The van der Waals surface area contributed by atoms with Gasteiger partial charge in [0.05, 0.1) is 0 Å². The molecule has 0 aliphatic carbocycles. The Kier molecular flexibility index (Phi) is 3.73. The number of carbonyl (C=O) groups is 1. The van der Waals surface area contributed by atoms with E-state index < -0.39 is 0 Å². The number of amides is 1. The summed E-state index contributed by atoms with van der Waals surface area (Å²) in [6.45, 7) is 0. The van der Waals surface area contributed by atoms with Crippen LogP contribution >= 0.6 is 11.6 Å². The summed E-state index contributed by atoms with van der Waals surface area (Å²) in [7, 11) is 0. The summed E-state index contributed by atoms with van der Waals surface area (Å²) in [5.74, 6) is 5.27. The monoisotopic (exact) mass is 198 g/mol. The molecule has 0 saturated heterocycles. The molecule has 0 aliphatic heterocycles. The van der Waals surface area contributed by atoms with Crippen molar-refractivity contribution in [3.63, 3.8) is 0 Å². The summed E-state index contributed by atoms with van der Waals surface area (Å²) in [6, 6.07) is 7.23. The summed E-state index contributed by atoms with van der Waals surface area (Å²) in [6.07, 6.45) is 0.757. The van der Waals surface area contributed by atoms with Crippen LogP contribution in [0.4, 0.5) is 0 Å². The highest BCUT2D eigenvalue weighted by Gasteiger charge is 2.02. The van der Waals surface area contributed by atoms with Gasteiger partial charge in [0.1, 0.15) is 0 Å². The number of hydrogen-bond acceptors (Lipinski definition) is 2. The van der Waals surface area contributed by atoms with Crippen LogP contribution in [0.25, 0.3) is 0 Å². The van der Waals surface area contributed by atoms with Crippen molar-refractivity contribution < 1.29 is 4.79 Å². The summed E-state index contributed by atoms with van der Waals surface area (Å²) in [5.41, 5.74) is 3.68. The van der Waals surface area contributed by atoms with E-state index in [-0.39, 0.29) is 5.91 Å². The van der Waals surface area contributed by atoms with Crippen LogP contribution < -0.4 is 11.3 Å². The minimum Gasteiger partial charge on any atom is -0.290 e. The zero-order chi connectivity index (χ0) is 9.68. The van der Waals surface area contributed by atoms with Crippen LogP contribution in [-0.2, 0) is 6.42 Å². The second-order valence-corrected chi connectivity index (χ2v) is 2.99. The molecule has 0 fully saturated rings. The minimum atomic E-state index is -0.281. The minimum absolute atomic E-state index is 0.281. The number of nitrogens with two attached hydrogens (primary N) is 1. The zero-order valence-electron chi connectivity index (χ0n) is 7.09. The van der Waals surface area contributed by atoms with E-state index >= 15 is 0 Å². The van der Waals surface area contributed by atoms with Crippen LogP contribution in [0, 0.1) is 0 Å². The lowest BCUT2D eigenvalue weighted by Gasteiger charge is -2.01. The Morgan fingerprint density at radius 1 is 1.54 bits per heavy atom. The third-order valence-corrected chi connectivity index (χ3v) is 1.89. The first-order valence-corrected chi connectivity index (χ1v) is 4.47. The van der Waals surface area contributed by atoms with Gasteiger partial charge in [-0.3, -0.25) is 10.2 Å². The van der Waals surface area contributed by atoms with Gasteiger partial charge in [0.15, 0.2) is 0 Å². The highest BCUT2D eigenvalue weighted by Crippen LogP contribution is 2.06. The van der Waals surface area contributed by atoms with Gasteiger partial charge in [-0.05, 0) is 24.1 Å². The van der Waals surface area contributed by atoms with E-state index in [0.717, 1.165) is 12.0 Å². The molecule has 1 rings (SSSR count). The number of carbonyl (C=O) groups excluding carboxylic acids is 1. The largest absolute Gasteiger partial charge is 0.290 e. The number of halogens is 1. The maximum absolute atomic E-state index is 11.1. The first kappa shape index (κ1) is 10.0. The lowest BCUT2D eigenvalue weighted by atomic mass is 10.1. The Balaban J connectivity index is 2.85. The Bertz CT molecular complexity index is 301. The molecule has 0 spiro atoms. The molecule has 1 amide bonds. The molecule has 0 unspecified atom stereocenters. The Morgan fingerprint density at radius 3 is 2.92 bits per heavy atom. The molecule has 13 heavy (non-hydrogen) atoms. The van der Waals surface area contributed by atoms with E-state index in [0.29, 0.717) is 11.4 Å². The van der Waals surface area contributed by atoms with E-state index in [1.54, 1.807) is 12.1 Å². The molecule has 1 aromatic carbocycles. The lowest BCUT2D eigenvalue weighted by Crippen LogP contribution is -2.29. The predicted octanol–water partition coefficient (Wildman–Crippen LogP) is 1.07. The Hall–Kier alpha value is -1.06. The smallest absolute Gasteiger partial charge is 0.265 e. The number of hydrogen-bond donors (Lipinski definition) is 2. The molecule has 0 atom stereocenters. The Labute approximate surface area is 81.9 Å². The van der Waals surface area contributed by atoms with Crippen LogP contribution in [0.5, 0.6) is 0 Å².